The van der Waals surface area contributed by atoms with Gasteiger partial charge >= 0.3 is 12.3 Å². The van der Waals surface area contributed by atoms with Crippen LogP contribution in [-0.2, 0) is 0 Å². The van der Waals surface area contributed by atoms with Gasteiger partial charge in [-0.25, -0.2) is 14.2 Å². The number of alkyl halides is 3. The predicted octanol–water partition coefficient (Wildman–Crippen LogP) is 4.79. The molecule has 1 aromatic carbocycles. The van der Waals surface area contributed by atoms with E-state index in [2.05, 4.69) is 36.4 Å². The molecule has 0 bridgehead atoms. The van der Waals surface area contributed by atoms with Crippen LogP contribution in [0.5, 0.6) is 0 Å². The van der Waals surface area contributed by atoms with Crippen LogP contribution in [-0.4, -0.2) is 61.0 Å². The van der Waals surface area contributed by atoms with Crippen molar-refractivity contribution in [3.8, 4) is 11.5 Å². The Balaban J connectivity index is 1.54. The van der Waals surface area contributed by atoms with Crippen LogP contribution in [0.15, 0.2) is 47.1 Å². The van der Waals surface area contributed by atoms with Gasteiger partial charge in [0, 0.05) is 30.7 Å². The van der Waals surface area contributed by atoms with E-state index in [0.717, 1.165) is 0 Å². The third-order valence-electron chi connectivity index (χ3n) is 5.92. The number of halogens is 5. The third-order valence-corrected chi connectivity index (χ3v) is 6.53. The Kier molecular flexibility index (Phi) is 5.83. The second kappa shape index (κ2) is 8.72. The van der Waals surface area contributed by atoms with Crippen LogP contribution in [0.2, 0.25) is 0 Å². The first-order valence-electron chi connectivity index (χ1n) is 10.5. The number of pyridine rings is 2. The molecule has 35 heavy (non-hydrogen) atoms. The van der Waals surface area contributed by atoms with Gasteiger partial charge < -0.3 is 10.4 Å². The largest absolute Gasteiger partial charge is 0.465 e. The molecule has 1 unspecified atom stereocenters. The van der Waals surface area contributed by atoms with E-state index in [1.165, 1.54) is 39.8 Å². The summed E-state index contributed by atoms with van der Waals surface area (Å²) in [6.45, 7) is 0.0150. The lowest BCUT2D eigenvalue weighted by Crippen LogP contribution is -2.40. The highest BCUT2D eigenvalue weighted by molar-refractivity contribution is 9.10. The van der Waals surface area contributed by atoms with Crippen molar-refractivity contribution in [3.63, 3.8) is 0 Å². The normalized spacial score (nSPS) is 17.8. The SMILES string of the molecule is O=C(O)NC1CCN([C@H](c2ccc3nnc(-c4ccc5cc(F)c(Br)cc5n4)n3c2)C(F)(F)F)C1. The number of aromatic nitrogens is 4. The number of likely N-dealkylation sites (tertiary alicyclic amines) is 1. The van der Waals surface area contributed by atoms with Crippen LogP contribution in [0.1, 0.15) is 18.0 Å². The molecular formula is C22H17BrF4N6O2. The average Bonchev–Trinajstić information content (AvgIpc) is 3.40. The fourth-order valence-electron chi connectivity index (χ4n) is 4.41. The molecule has 1 aliphatic rings. The summed E-state index contributed by atoms with van der Waals surface area (Å²) in [4.78, 5) is 16.6. The van der Waals surface area contributed by atoms with Gasteiger partial charge in [-0.15, -0.1) is 10.2 Å². The van der Waals surface area contributed by atoms with Crippen molar-refractivity contribution in [2.24, 2.45) is 0 Å². The minimum absolute atomic E-state index is 0.0346. The van der Waals surface area contributed by atoms with Crippen molar-refractivity contribution < 1.29 is 27.5 Å². The number of hydrogen-bond acceptors (Lipinski definition) is 5. The molecule has 0 spiro atoms. The van der Waals surface area contributed by atoms with Crippen molar-refractivity contribution in [1.82, 2.24) is 29.8 Å². The predicted molar refractivity (Wildman–Crippen MR) is 121 cm³/mol. The molecule has 8 nitrogen and oxygen atoms in total. The van der Waals surface area contributed by atoms with Gasteiger partial charge in [0.15, 0.2) is 11.5 Å². The van der Waals surface area contributed by atoms with Crippen molar-refractivity contribution >= 4 is 38.6 Å². The number of carboxylic acid groups (broad SMARTS) is 1. The van der Waals surface area contributed by atoms with Crippen molar-refractivity contribution in [2.45, 2.75) is 24.7 Å². The van der Waals surface area contributed by atoms with E-state index in [-0.39, 0.29) is 35.4 Å². The van der Waals surface area contributed by atoms with E-state index in [1.807, 2.05) is 0 Å². The van der Waals surface area contributed by atoms with Gasteiger partial charge in [0.2, 0.25) is 0 Å². The van der Waals surface area contributed by atoms with E-state index in [0.29, 0.717) is 22.2 Å². The number of hydrogen-bond donors (Lipinski definition) is 2. The molecular weight excluding hydrogens is 536 g/mol. The Hall–Kier alpha value is -3.32. The quantitative estimate of drug-likeness (QED) is 0.353. The maximum absolute atomic E-state index is 14.2. The van der Waals surface area contributed by atoms with Gasteiger partial charge in [-0.1, -0.05) is 12.1 Å². The summed E-state index contributed by atoms with van der Waals surface area (Å²) >= 11 is 3.13. The molecule has 1 saturated heterocycles. The van der Waals surface area contributed by atoms with Gasteiger partial charge in [0.05, 0.1) is 9.99 Å². The van der Waals surface area contributed by atoms with Crippen LogP contribution in [0, 0.1) is 5.82 Å². The summed E-state index contributed by atoms with van der Waals surface area (Å²) < 4.78 is 58.0. The van der Waals surface area contributed by atoms with E-state index >= 15 is 0 Å². The maximum atomic E-state index is 14.2. The highest BCUT2D eigenvalue weighted by Crippen LogP contribution is 2.39. The van der Waals surface area contributed by atoms with Gasteiger partial charge in [0.25, 0.3) is 0 Å². The molecule has 0 aliphatic carbocycles. The van der Waals surface area contributed by atoms with Crippen molar-refractivity contribution in [2.75, 3.05) is 13.1 Å². The summed E-state index contributed by atoms with van der Waals surface area (Å²) in [7, 11) is 0. The Bertz CT molecular complexity index is 1440. The first-order chi connectivity index (χ1) is 16.6. The summed E-state index contributed by atoms with van der Waals surface area (Å²) in [5.74, 6) is -0.206. The molecule has 0 radical (unpaired) electrons. The lowest BCUT2D eigenvalue weighted by atomic mass is 10.1. The number of carbonyl (C=O) groups is 1. The van der Waals surface area contributed by atoms with Crippen LogP contribution < -0.4 is 5.32 Å². The van der Waals surface area contributed by atoms with E-state index in [1.54, 1.807) is 12.1 Å². The molecule has 182 valence electrons. The highest BCUT2D eigenvalue weighted by atomic mass is 79.9. The van der Waals surface area contributed by atoms with Crippen molar-refractivity contribution in [3.05, 3.63) is 58.4 Å². The van der Waals surface area contributed by atoms with Gasteiger partial charge in [-0.3, -0.25) is 9.30 Å². The monoisotopic (exact) mass is 552 g/mol. The Morgan fingerprint density at radius 1 is 1.20 bits per heavy atom. The molecule has 3 aromatic heterocycles. The fraction of sp³-hybridized carbons (Fsp3) is 0.273. The first kappa shape index (κ1) is 23.4. The summed E-state index contributed by atoms with van der Waals surface area (Å²) in [6, 6.07) is 6.35. The van der Waals surface area contributed by atoms with Gasteiger partial charge in [-0.2, -0.15) is 13.2 Å². The molecule has 1 amide bonds. The fourth-order valence-corrected chi connectivity index (χ4v) is 4.74. The van der Waals surface area contributed by atoms with E-state index < -0.39 is 30.2 Å². The summed E-state index contributed by atoms with van der Waals surface area (Å²) in [5.41, 5.74) is 1.13. The third kappa shape index (κ3) is 4.52. The van der Waals surface area contributed by atoms with Crippen LogP contribution in [0.4, 0.5) is 22.4 Å². The lowest BCUT2D eigenvalue weighted by molar-refractivity contribution is -0.184. The zero-order chi connectivity index (χ0) is 24.9. The Morgan fingerprint density at radius 2 is 2.00 bits per heavy atom. The first-order valence-corrected chi connectivity index (χ1v) is 11.3. The molecule has 4 heterocycles. The molecule has 1 aliphatic heterocycles. The molecule has 5 rings (SSSR count). The summed E-state index contributed by atoms with van der Waals surface area (Å²) in [5, 5.41) is 19.9. The highest BCUT2D eigenvalue weighted by Gasteiger charge is 2.47. The smallest absolute Gasteiger partial charge is 0.408 e. The minimum atomic E-state index is -4.60. The lowest BCUT2D eigenvalue weighted by Gasteiger charge is -2.30. The van der Waals surface area contributed by atoms with Crippen molar-refractivity contribution in [1.29, 1.82) is 0 Å². The Morgan fingerprint density at radius 3 is 2.74 bits per heavy atom. The second-order valence-corrected chi connectivity index (χ2v) is 9.10. The van der Waals surface area contributed by atoms with E-state index in [9.17, 15) is 22.4 Å². The van der Waals surface area contributed by atoms with Gasteiger partial charge in [-0.05, 0) is 52.2 Å². The number of nitrogens with one attached hydrogen (secondary N) is 1. The molecule has 4 aromatic rings. The molecule has 13 heteroatoms. The molecule has 2 N–H and O–H groups in total. The molecule has 0 saturated carbocycles. The standard InChI is InChI=1S/C22H17BrF4N6O2/c23-14-8-17-11(7-15(14)24)1-3-16(29-17)20-31-30-18-4-2-12(9-33(18)20)19(22(25,26)27)32-6-5-13(10-32)28-21(34)35/h1-4,7-9,13,19,28H,5-6,10H2,(H,34,35)/t13?,19-/m1/s1. The van der Waals surface area contributed by atoms with Crippen LogP contribution in [0.25, 0.3) is 28.1 Å². The van der Waals surface area contributed by atoms with Gasteiger partial charge in [0.1, 0.15) is 17.6 Å². The van der Waals surface area contributed by atoms with Crippen LogP contribution in [0.3, 0.4) is 0 Å². The number of nitrogens with zero attached hydrogens (tertiary/aromatic N) is 5. The Labute approximate surface area is 203 Å². The zero-order valence-corrected chi connectivity index (χ0v) is 19.4. The maximum Gasteiger partial charge on any atom is 0.408 e. The number of fused-ring (bicyclic) bond motifs is 2. The zero-order valence-electron chi connectivity index (χ0n) is 17.8. The number of amides is 1. The molecule has 1 fully saturated rings. The van der Waals surface area contributed by atoms with Crippen LogP contribution >= 0.6 is 15.9 Å². The second-order valence-electron chi connectivity index (χ2n) is 8.24. The number of rotatable bonds is 4. The molecule has 2 atom stereocenters. The van der Waals surface area contributed by atoms with E-state index in [4.69, 9.17) is 5.11 Å². The summed E-state index contributed by atoms with van der Waals surface area (Å²) in [6.07, 6.45) is -4.27. The minimum Gasteiger partial charge on any atom is -0.465 e. The number of benzene rings is 1. The topological polar surface area (TPSA) is 95.7 Å². The average molecular weight is 553 g/mol.